The van der Waals surface area contributed by atoms with Crippen LogP contribution in [0.4, 0.5) is 0 Å². The van der Waals surface area contributed by atoms with Gasteiger partial charge in [-0.25, -0.2) is 0 Å². The van der Waals surface area contributed by atoms with Crippen LogP contribution in [-0.4, -0.2) is 47.5 Å². The van der Waals surface area contributed by atoms with E-state index in [1.165, 1.54) is 5.56 Å². The van der Waals surface area contributed by atoms with Crippen LogP contribution in [0.3, 0.4) is 0 Å². The predicted octanol–water partition coefficient (Wildman–Crippen LogP) is 1.57. The lowest BCUT2D eigenvalue weighted by Gasteiger charge is -2.26. The number of para-hydroxylation sites is 1. The summed E-state index contributed by atoms with van der Waals surface area (Å²) in [5.41, 5.74) is 1.27. The highest BCUT2D eigenvalue weighted by atomic mass is 16.5. The SMILES string of the molecule is CCc1nncn1CCNC(=NC)NCC1CCOc2ccccc21. The highest BCUT2D eigenvalue weighted by Crippen LogP contribution is 2.32. The summed E-state index contributed by atoms with van der Waals surface area (Å²) in [6.07, 6.45) is 3.67. The summed E-state index contributed by atoms with van der Waals surface area (Å²) >= 11 is 0. The quantitative estimate of drug-likeness (QED) is 0.616. The Morgan fingerprint density at radius 1 is 1.36 bits per heavy atom. The molecule has 1 unspecified atom stereocenters. The zero-order valence-electron chi connectivity index (χ0n) is 14.9. The van der Waals surface area contributed by atoms with Crippen molar-refractivity contribution in [3.8, 4) is 5.75 Å². The van der Waals surface area contributed by atoms with Crippen LogP contribution in [0.1, 0.15) is 30.7 Å². The Bertz CT molecular complexity index is 711. The van der Waals surface area contributed by atoms with E-state index < -0.39 is 0 Å². The summed E-state index contributed by atoms with van der Waals surface area (Å²) in [6, 6.07) is 8.27. The number of aryl methyl sites for hydroxylation is 1. The van der Waals surface area contributed by atoms with E-state index in [9.17, 15) is 0 Å². The Labute approximate surface area is 148 Å². The van der Waals surface area contributed by atoms with Crippen LogP contribution in [0.2, 0.25) is 0 Å². The van der Waals surface area contributed by atoms with Gasteiger partial charge in [0.1, 0.15) is 17.9 Å². The van der Waals surface area contributed by atoms with Crippen molar-refractivity contribution in [3.05, 3.63) is 42.0 Å². The lowest BCUT2D eigenvalue weighted by Crippen LogP contribution is -2.41. The summed E-state index contributed by atoms with van der Waals surface area (Å²) in [5.74, 6) is 3.26. The van der Waals surface area contributed by atoms with E-state index in [-0.39, 0.29) is 0 Å². The Morgan fingerprint density at radius 2 is 2.24 bits per heavy atom. The van der Waals surface area contributed by atoms with E-state index in [0.717, 1.165) is 56.6 Å². The number of aliphatic imine (C=N–C) groups is 1. The summed E-state index contributed by atoms with van der Waals surface area (Å²) in [7, 11) is 1.80. The second-order valence-electron chi connectivity index (χ2n) is 6.05. The Balaban J connectivity index is 1.49. The van der Waals surface area contributed by atoms with E-state index in [4.69, 9.17) is 4.74 Å². The number of aromatic nitrogens is 3. The van der Waals surface area contributed by atoms with Crippen molar-refractivity contribution in [2.45, 2.75) is 32.2 Å². The lowest BCUT2D eigenvalue weighted by atomic mass is 9.93. The molecule has 25 heavy (non-hydrogen) atoms. The molecule has 0 saturated carbocycles. The van der Waals surface area contributed by atoms with E-state index >= 15 is 0 Å². The first kappa shape index (κ1) is 17.3. The van der Waals surface area contributed by atoms with Gasteiger partial charge >= 0.3 is 0 Å². The highest BCUT2D eigenvalue weighted by molar-refractivity contribution is 5.79. The Hall–Kier alpha value is -2.57. The molecule has 2 aromatic rings. The first-order valence-electron chi connectivity index (χ1n) is 8.84. The van der Waals surface area contributed by atoms with Crippen LogP contribution in [0.15, 0.2) is 35.6 Å². The third kappa shape index (κ3) is 4.29. The molecule has 3 rings (SSSR count). The second kappa shape index (κ2) is 8.50. The summed E-state index contributed by atoms with van der Waals surface area (Å²) < 4.78 is 7.79. The number of hydrogen-bond donors (Lipinski definition) is 2. The number of ether oxygens (including phenoxy) is 1. The predicted molar refractivity (Wildman–Crippen MR) is 98.1 cm³/mol. The summed E-state index contributed by atoms with van der Waals surface area (Å²) in [4.78, 5) is 4.31. The molecule has 1 aromatic heterocycles. The van der Waals surface area contributed by atoms with Gasteiger partial charge in [0.05, 0.1) is 6.61 Å². The molecule has 0 spiro atoms. The molecule has 7 heteroatoms. The number of benzene rings is 1. The monoisotopic (exact) mass is 342 g/mol. The van der Waals surface area contributed by atoms with Crippen LogP contribution in [0, 0.1) is 0 Å². The van der Waals surface area contributed by atoms with Crippen LogP contribution in [-0.2, 0) is 13.0 Å². The molecule has 2 N–H and O–H groups in total. The minimum Gasteiger partial charge on any atom is -0.493 e. The number of fused-ring (bicyclic) bond motifs is 1. The Morgan fingerprint density at radius 3 is 3.08 bits per heavy atom. The van der Waals surface area contributed by atoms with Crippen LogP contribution < -0.4 is 15.4 Å². The standard InChI is InChI=1S/C18H26N6O/c1-3-17-23-22-13-24(17)10-9-20-18(19-2)21-12-14-8-11-25-16-7-5-4-6-15(14)16/h4-7,13-14H,3,8-12H2,1-2H3,(H2,19,20,21). The van der Waals surface area contributed by atoms with E-state index in [1.54, 1.807) is 13.4 Å². The van der Waals surface area contributed by atoms with Crippen molar-refractivity contribution in [2.24, 2.45) is 4.99 Å². The second-order valence-corrected chi connectivity index (χ2v) is 6.05. The number of guanidine groups is 1. The highest BCUT2D eigenvalue weighted by Gasteiger charge is 2.21. The zero-order valence-corrected chi connectivity index (χ0v) is 14.9. The molecule has 134 valence electrons. The largest absolute Gasteiger partial charge is 0.493 e. The molecule has 1 aromatic carbocycles. The molecule has 0 radical (unpaired) electrons. The molecule has 1 aliphatic rings. The van der Waals surface area contributed by atoms with Crippen LogP contribution in [0.25, 0.3) is 0 Å². The minimum absolute atomic E-state index is 0.438. The molecule has 0 bridgehead atoms. The summed E-state index contributed by atoms with van der Waals surface area (Å²) in [5, 5.41) is 14.8. The van der Waals surface area contributed by atoms with Crippen LogP contribution in [0.5, 0.6) is 5.75 Å². The lowest BCUT2D eigenvalue weighted by molar-refractivity contribution is 0.267. The van der Waals surface area contributed by atoms with Crippen molar-refractivity contribution in [1.29, 1.82) is 0 Å². The maximum atomic E-state index is 5.73. The molecule has 7 nitrogen and oxygen atoms in total. The van der Waals surface area contributed by atoms with Crippen molar-refractivity contribution in [1.82, 2.24) is 25.4 Å². The first-order chi connectivity index (χ1) is 12.3. The van der Waals surface area contributed by atoms with E-state index in [0.29, 0.717) is 5.92 Å². The average Bonchev–Trinajstić information content (AvgIpc) is 3.12. The Kier molecular flexibility index (Phi) is 5.87. The number of nitrogens with one attached hydrogen (secondary N) is 2. The molecular formula is C18H26N6O. The average molecular weight is 342 g/mol. The molecule has 0 aliphatic carbocycles. The van der Waals surface area contributed by atoms with Crippen molar-refractivity contribution in [2.75, 3.05) is 26.7 Å². The maximum Gasteiger partial charge on any atom is 0.191 e. The fourth-order valence-electron chi connectivity index (χ4n) is 3.10. The number of hydrogen-bond acceptors (Lipinski definition) is 4. The van der Waals surface area contributed by atoms with Gasteiger partial charge in [0, 0.05) is 39.0 Å². The fourth-order valence-corrected chi connectivity index (χ4v) is 3.10. The maximum absolute atomic E-state index is 5.73. The molecule has 1 atom stereocenters. The van der Waals surface area contributed by atoms with Gasteiger partial charge in [-0.1, -0.05) is 25.1 Å². The first-order valence-corrected chi connectivity index (χ1v) is 8.84. The van der Waals surface area contributed by atoms with Gasteiger partial charge in [-0.2, -0.15) is 0 Å². The fraction of sp³-hybridized carbons (Fsp3) is 0.500. The molecule has 2 heterocycles. The molecule has 0 fully saturated rings. The van der Waals surface area contributed by atoms with E-state index in [1.807, 2.05) is 12.1 Å². The van der Waals surface area contributed by atoms with Crippen molar-refractivity contribution in [3.63, 3.8) is 0 Å². The van der Waals surface area contributed by atoms with E-state index in [2.05, 4.69) is 49.4 Å². The van der Waals surface area contributed by atoms with Crippen LogP contribution >= 0.6 is 0 Å². The third-order valence-corrected chi connectivity index (χ3v) is 4.48. The molecule has 0 saturated heterocycles. The number of rotatable bonds is 6. The van der Waals surface area contributed by atoms with Gasteiger partial charge < -0.3 is 19.9 Å². The molecule has 1 aliphatic heterocycles. The topological polar surface area (TPSA) is 76.4 Å². The van der Waals surface area contributed by atoms with Crippen molar-refractivity contribution >= 4 is 5.96 Å². The van der Waals surface area contributed by atoms with Gasteiger partial charge in [0.2, 0.25) is 0 Å². The number of nitrogens with zero attached hydrogens (tertiary/aromatic N) is 4. The van der Waals surface area contributed by atoms with Crippen molar-refractivity contribution < 1.29 is 4.74 Å². The van der Waals surface area contributed by atoms with Gasteiger partial charge in [0.25, 0.3) is 0 Å². The van der Waals surface area contributed by atoms with Gasteiger partial charge in [-0.3, -0.25) is 4.99 Å². The van der Waals surface area contributed by atoms with Gasteiger partial charge in [-0.15, -0.1) is 10.2 Å². The van der Waals surface area contributed by atoms with Gasteiger partial charge in [0.15, 0.2) is 5.96 Å². The minimum atomic E-state index is 0.438. The smallest absolute Gasteiger partial charge is 0.191 e. The zero-order chi connectivity index (χ0) is 17.5. The summed E-state index contributed by atoms with van der Waals surface area (Å²) in [6.45, 7) is 5.28. The molecule has 0 amide bonds. The van der Waals surface area contributed by atoms with Gasteiger partial charge in [-0.05, 0) is 18.1 Å². The molecular weight excluding hydrogens is 316 g/mol. The normalized spacial score (nSPS) is 16.9. The third-order valence-electron chi connectivity index (χ3n) is 4.48.